The molecule has 0 unspecified atom stereocenters. The van der Waals surface area contributed by atoms with Crippen molar-refractivity contribution in [1.82, 2.24) is 20.5 Å². The molecule has 12 heteroatoms. The number of pyridine rings is 1. The number of anilines is 1. The Morgan fingerprint density at radius 1 is 1.29 bits per heavy atom. The lowest BCUT2D eigenvalue weighted by atomic mass is 9.90. The first-order valence-electron chi connectivity index (χ1n) is 11.0. The Balaban J connectivity index is 1.92. The SMILES string of the molecule is CNC(=O)c1csc2c(C(F)(F)F)cc(N3CCC(CN(C)C)(OC(=O)NC(C)C)CC3)nc12. The average molecular weight is 502 g/mol. The first-order chi connectivity index (χ1) is 15.8. The molecule has 3 heterocycles. The molecule has 1 saturated heterocycles. The van der Waals surface area contributed by atoms with E-state index in [0.717, 1.165) is 17.4 Å². The maximum absolute atomic E-state index is 13.9. The van der Waals surface area contributed by atoms with Crippen LogP contribution in [-0.4, -0.2) is 74.3 Å². The van der Waals surface area contributed by atoms with Gasteiger partial charge < -0.3 is 25.2 Å². The van der Waals surface area contributed by atoms with Gasteiger partial charge in [-0.25, -0.2) is 9.78 Å². The highest BCUT2D eigenvalue weighted by Gasteiger charge is 2.41. The number of aromatic nitrogens is 1. The number of halogens is 3. The minimum Gasteiger partial charge on any atom is -0.441 e. The number of rotatable bonds is 6. The molecule has 2 aromatic heterocycles. The van der Waals surface area contributed by atoms with Crippen LogP contribution in [0.1, 0.15) is 42.6 Å². The second-order valence-corrected chi connectivity index (χ2v) is 9.91. The number of amides is 2. The third-order valence-corrected chi connectivity index (χ3v) is 6.61. The first kappa shape index (κ1) is 26.0. The number of carbonyl (C=O) groups is 2. The summed E-state index contributed by atoms with van der Waals surface area (Å²) in [7, 11) is 5.17. The largest absolute Gasteiger partial charge is 0.441 e. The summed E-state index contributed by atoms with van der Waals surface area (Å²) in [6.45, 7) is 4.84. The molecular formula is C22H30F3N5O3S. The fourth-order valence-electron chi connectivity index (χ4n) is 4.14. The number of thiophene rings is 1. The van der Waals surface area contributed by atoms with Gasteiger partial charge in [-0.05, 0) is 34.0 Å². The molecular weight excluding hydrogens is 471 g/mol. The lowest BCUT2D eigenvalue weighted by molar-refractivity contribution is -0.136. The molecule has 34 heavy (non-hydrogen) atoms. The molecule has 0 bridgehead atoms. The Morgan fingerprint density at radius 3 is 2.47 bits per heavy atom. The van der Waals surface area contributed by atoms with E-state index in [4.69, 9.17) is 4.74 Å². The van der Waals surface area contributed by atoms with E-state index in [1.165, 1.54) is 12.4 Å². The molecule has 0 spiro atoms. The number of alkyl carbamates (subject to hydrolysis) is 1. The fraction of sp³-hybridized carbons (Fsp3) is 0.591. The van der Waals surface area contributed by atoms with Crippen molar-refractivity contribution in [3.05, 3.63) is 22.6 Å². The standard InChI is InChI=1S/C22H30F3N5O3S/c1-13(2)27-20(32)33-21(12-29(4)5)6-8-30(9-7-21)16-10-15(22(23,24)25)18-17(28-16)14(11-34-18)19(31)26-3/h10-11,13H,6-9,12H2,1-5H3,(H,26,31)(H,27,32). The number of alkyl halides is 3. The van der Waals surface area contributed by atoms with Gasteiger partial charge in [0.15, 0.2) is 0 Å². The van der Waals surface area contributed by atoms with Gasteiger partial charge in [-0.1, -0.05) is 0 Å². The molecule has 1 fully saturated rings. The number of likely N-dealkylation sites (N-methyl/N-ethyl adjacent to an activating group) is 1. The van der Waals surface area contributed by atoms with Crippen molar-refractivity contribution in [3.8, 4) is 0 Å². The molecule has 188 valence electrons. The third-order valence-electron chi connectivity index (χ3n) is 5.61. The van der Waals surface area contributed by atoms with Crippen molar-refractivity contribution in [3.63, 3.8) is 0 Å². The van der Waals surface area contributed by atoms with Gasteiger partial charge >= 0.3 is 12.3 Å². The highest BCUT2D eigenvalue weighted by Crippen LogP contribution is 2.41. The van der Waals surface area contributed by atoms with Crippen molar-refractivity contribution >= 4 is 39.4 Å². The Labute approximate surface area is 200 Å². The normalized spacial score (nSPS) is 16.2. The van der Waals surface area contributed by atoms with Gasteiger partial charge in [-0.15, -0.1) is 11.3 Å². The Bertz CT molecular complexity index is 1050. The summed E-state index contributed by atoms with van der Waals surface area (Å²) in [6, 6.07) is 0.957. The zero-order valence-corrected chi connectivity index (χ0v) is 20.7. The molecule has 0 radical (unpaired) electrons. The van der Waals surface area contributed by atoms with Gasteiger partial charge in [0, 0.05) is 50.9 Å². The lowest BCUT2D eigenvalue weighted by Crippen LogP contribution is -2.54. The number of fused-ring (bicyclic) bond motifs is 1. The van der Waals surface area contributed by atoms with Crippen LogP contribution in [0, 0.1) is 0 Å². The summed E-state index contributed by atoms with van der Waals surface area (Å²) in [5, 5.41) is 6.58. The summed E-state index contributed by atoms with van der Waals surface area (Å²) in [5.41, 5.74) is -1.44. The lowest BCUT2D eigenvalue weighted by Gasteiger charge is -2.43. The number of piperidine rings is 1. The van der Waals surface area contributed by atoms with E-state index in [0.29, 0.717) is 32.5 Å². The minimum absolute atomic E-state index is 0.0341. The van der Waals surface area contributed by atoms with Crippen LogP contribution in [0.15, 0.2) is 11.4 Å². The van der Waals surface area contributed by atoms with Crippen LogP contribution in [-0.2, 0) is 10.9 Å². The quantitative estimate of drug-likeness (QED) is 0.628. The van der Waals surface area contributed by atoms with E-state index >= 15 is 0 Å². The third kappa shape index (κ3) is 5.72. The smallest absolute Gasteiger partial charge is 0.417 e. The molecule has 2 amide bonds. The molecule has 1 aliphatic rings. The highest BCUT2D eigenvalue weighted by molar-refractivity contribution is 7.17. The predicted octanol–water partition coefficient (Wildman–Crippen LogP) is 3.71. The van der Waals surface area contributed by atoms with Crippen molar-refractivity contribution in [2.45, 2.75) is 44.5 Å². The van der Waals surface area contributed by atoms with Gasteiger partial charge in [-0.3, -0.25) is 4.79 Å². The second-order valence-electron chi connectivity index (χ2n) is 9.03. The first-order valence-corrected chi connectivity index (χ1v) is 11.8. The molecule has 2 N–H and O–H groups in total. The summed E-state index contributed by atoms with van der Waals surface area (Å²) < 4.78 is 47.3. The van der Waals surface area contributed by atoms with E-state index in [9.17, 15) is 22.8 Å². The highest BCUT2D eigenvalue weighted by atomic mass is 32.1. The van der Waals surface area contributed by atoms with Crippen molar-refractivity contribution in [2.24, 2.45) is 0 Å². The number of hydrogen-bond acceptors (Lipinski definition) is 7. The average Bonchev–Trinajstić information content (AvgIpc) is 3.15. The second kappa shape index (κ2) is 9.95. The monoisotopic (exact) mass is 501 g/mol. The van der Waals surface area contributed by atoms with Crippen LogP contribution in [0.4, 0.5) is 23.8 Å². The van der Waals surface area contributed by atoms with E-state index in [1.54, 1.807) is 4.90 Å². The number of nitrogens with one attached hydrogen (secondary N) is 2. The summed E-state index contributed by atoms with van der Waals surface area (Å²) >= 11 is 0.853. The van der Waals surface area contributed by atoms with Gasteiger partial charge in [-0.2, -0.15) is 13.2 Å². The molecule has 1 aliphatic heterocycles. The van der Waals surface area contributed by atoms with Crippen LogP contribution in [0.3, 0.4) is 0 Å². The van der Waals surface area contributed by atoms with Gasteiger partial charge in [0.2, 0.25) is 0 Å². The van der Waals surface area contributed by atoms with Gasteiger partial charge in [0.25, 0.3) is 5.91 Å². The molecule has 0 aliphatic carbocycles. The van der Waals surface area contributed by atoms with Gasteiger partial charge in [0.05, 0.1) is 21.3 Å². The van der Waals surface area contributed by atoms with E-state index in [1.807, 2.05) is 32.8 Å². The maximum Gasteiger partial charge on any atom is 0.417 e. The van der Waals surface area contributed by atoms with Crippen LogP contribution in [0.2, 0.25) is 0 Å². The predicted molar refractivity (Wildman–Crippen MR) is 125 cm³/mol. The number of ether oxygens (including phenoxy) is 1. The van der Waals surface area contributed by atoms with Crippen LogP contribution >= 0.6 is 11.3 Å². The molecule has 0 aromatic carbocycles. The van der Waals surface area contributed by atoms with Crippen LogP contribution in [0.25, 0.3) is 10.2 Å². The summed E-state index contributed by atoms with van der Waals surface area (Å²) in [4.78, 5) is 32.7. The Hall–Kier alpha value is -2.60. The Morgan fingerprint density at radius 2 is 1.94 bits per heavy atom. The molecule has 2 aromatic rings. The fourth-order valence-corrected chi connectivity index (χ4v) is 5.16. The molecule has 3 rings (SSSR count). The molecule has 8 nitrogen and oxygen atoms in total. The van der Waals surface area contributed by atoms with Crippen molar-refractivity contribution in [1.29, 1.82) is 0 Å². The topological polar surface area (TPSA) is 86.8 Å². The van der Waals surface area contributed by atoms with E-state index < -0.39 is 29.3 Å². The zero-order chi connectivity index (χ0) is 25.3. The summed E-state index contributed by atoms with van der Waals surface area (Å²) in [6.07, 6.45) is -4.27. The van der Waals surface area contributed by atoms with E-state index in [-0.39, 0.29) is 27.6 Å². The number of carbonyl (C=O) groups excluding carboxylic acids is 2. The van der Waals surface area contributed by atoms with Gasteiger partial charge in [0.1, 0.15) is 11.4 Å². The molecule has 0 saturated carbocycles. The summed E-state index contributed by atoms with van der Waals surface area (Å²) in [5.74, 6) is -0.342. The number of nitrogens with zero attached hydrogens (tertiary/aromatic N) is 3. The number of hydrogen-bond donors (Lipinski definition) is 2. The minimum atomic E-state index is -4.59. The van der Waals surface area contributed by atoms with Crippen LogP contribution < -0.4 is 15.5 Å². The van der Waals surface area contributed by atoms with Crippen LogP contribution in [0.5, 0.6) is 0 Å². The Kier molecular flexibility index (Phi) is 7.61. The molecule has 0 atom stereocenters. The maximum atomic E-state index is 13.9. The van der Waals surface area contributed by atoms with E-state index in [2.05, 4.69) is 15.6 Å². The van der Waals surface area contributed by atoms with Crippen molar-refractivity contribution < 1.29 is 27.5 Å². The van der Waals surface area contributed by atoms with Crippen molar-refractivity contribution in [2.75, 3.05) is 45.7 Å². The zero-order valence-electron chi connectivity index (χ0n) is 19.9.